The smallest absolute Gasteiger partial charge is 0.387 e. The van der Waals surface area contributed by atoms with Crippen molar-refractivity contribution in [1.82, 2.24) is 0 Å². The lowest BCUT2D eigenvalue weighted by Crippen LogP contribution is -2.17. The van der Waals surface area contributed by atoms with Crippen LogP contribution in [0, 0.1) is 5.92 Å². The van der Waals surface area contributed by atoms with Gasteiger partial charge in [-0.3, -0.25) is 0 Å². The first-order valence-corrected chi connectivity index (χ1v) is 5.78. The van der Waals surface area contributed by atoms with Gasteiger partial charge in [-0.25, -0.2) is 0 Å². The van der Waals surface area contributed by atoms with Crippen LogP contribution in [0.15, 0.2) is 24.3 Å². The molecule has 0 heterocycles. The minimum absolute atomic E-state index is 0.182. The van der Waals surface area contributed by atoms with Gasteiger partial charge in [-0.05, 0) is 43.5 Å². The second-order valence-electron chi connectivity index (χ2n) is 4.58. The third kappa shape index (κ3) is 5.52. The number of benzene rings is 1. The molecule has 1 rings (SSSR count). The highest BCUT2D eigenvalue weighted by Gasteiger charge is 2.06. The van der Waals surface area contributed by atoms with E-state index in [0.717, 1.165) is 12.1 Å². The van der Waals surface area contributed by atoms with E-state index in [0.29, 0.717) is 12.0 Å². The normalized spacial score (nSPS) is 12.9. The first-order chi connectivity index (χ1) is 7.97. The van der Waals surface area contributed by atoms with Crippen molar-refractivity contribution in [3.05, 3.63) is 24.3 Å². The van der Waals surface area contributed by atoms with Crippen LogP contribution in [0.1, 0.15) is 27.2 Å². The maximum atomic E-state index is 11.9. The molecular formula is C13H19F2NO. The highest BCUT2D eigenvalue weighted by atomic mass is 19.3. The van der Waals surface area contributed by atoms with Crippen molar-refractivity contribution in [3.8, 4) is 5.75 Å². The third-order valence-corrected chi connectivity index (χ3v) is 2.32. The molecule has 0 aromatic heterocycles. The molecule has 0 radical (unpaired) electrons. The molecule has 2 nitrogen and oxygen atoms in total. The molecule has 1 aromatic rings. The standard InChI is InChI=1S/C13H19F2NO/c1-9(2)8-10(3)16-11-4-6-12(7-5-11)17-13(14)15/h4-7,9-10,13,16H,8H2,1-3H3. The highest BCUT2D eigenvalue weighted by Crippen LogP contribution is 2.19. The van der Waals surface area contributed by atoms with Gasteiger partial charge in [0.2, 0.25) is 0 Å². The quantitative estimate of drug-likeness (QED) is 0.811. The lowest BCUT2D eigenvalue weighted by Gasteiger charge is -2.17. The molecule has 96 valence electrons. The predicted molar refractivity (Wildman–Crippen MR) is 65.6 cm³/mol. The maximum Gasteiger partial charge on any atom is 0.387 e. The molecule has 0 bridgehead atoms. The summed E-state index contributed by atoms with van der Waals surface area (Å²) in [6.45, 7) is 3.66. The summed E-state index contributed by atoms with van der Waals surface area (Å²) in [6, 6.07) is 6.92. The Labute approximate surface area is 101 Å². The Morgan fingerprint density at radius 1 is 1.12 bits per heavy atom. The van der Waals surface area contributed by atoms with E-state index in [9.17, 15) is 8.78 Å². The van der Waals surface area contributed by atoms with Crippen LogP contribution < -0.4 is 10.1 Å². The zero-order valence-electron chi connectivity index (χ0n) is 10.4. The van der Waals surface area contributed by atoms with Gasteiger partial charge in [0, 0.05) is 11.7 Å². The van der Waals surface area contributed by atoms with Crippen molar-refractivity contribution < 1.29 is 13.5 Å². The lowest BCUT2D eigenvalue weighted by atomic mass is 10.1. The molecule has 1 unspecified atom stereocenters. The average molecular weight is 243 g/mol. The fourth-order valence-corrected chi connectivity index (χ4v) is 1.78. The summed E-state index contributed by atoms with van der Waals surface area (Å²) >= 11 is 0. The number of hydrogen-bond acceptors (Lipinski definition) is 2. The molecule has 0 amide bonds. The molecule has 0 saturated heterocycles. The molecular weight excluding hydrogens is 224 g/mol. The van der Waals surface area contributed by atoms with Gasteiger partial charge in [-0.15, -0.1) is 0 Å². The number of anilines is 1. The van der Waals surface area contributed by atoms with Crippen LogP contribution in [0.4, 0.5) is 14.5 Å². The number of alkyl halides is 2. The largest absolute Gasteiger partial charge is 0.435 e. The molecule has 0 fully saturated rings. The maximum absolute atomic E-state index is 11.9. The Bertz CT molecular complexity index is 325. The Hall–Kier alpha value is -1.32. The van der Waals surface area contributed by atoms with Crippen molar-refractivity contribution >= 4 is 5.69 Å². The fraction of sp³-hybridized carbons (Fsp3) is 0.538. The van der Waals surface area contributed by atoms with Crippen LogP contribution in [-0.2, 0) is 0 Å². The van der Waals surface area contributed by atoms with Crippen molar-refractivity contribution in [3.63, 3.8) is 0 Å². The summed E-state index contributed by atoms with van der Waals surface area (Å²) < 4.78 is 28.2. The molecule has 1 N–H and O–H groups in total. The van der Waals surface area contributed by atoms with Crippen LogP contribution in [0.2, 0.25) is 0 Å². The molecule has 1 atom stereocenters. The number of halogens is 2. The molecule has 0 aliphatic heterocycles. The van der Waals surface area contributed by atoms with E-state index in [4.69, 9.17) is 0 Å². The summed E-state index contributed by atoms with van der Waals surface area (Å²) in [5.74, 6) is 0.806. The van der Waals surface area contributed by atoms with Gasteiger partial charge < -0.3 is 10.1 Å². The van der Waals surface area contributed by atoms with E-state index in [1.54, 1.807) is 12.1 Å². The zero-order chi connectivity index (χ0) is 12.8. The number of hydrogen-bond donors (Lipinski definition) is 1. The van der Waals surface area contributed by atoms with Crippen molar-refractivity contribution in [2.24, 2.45) is 5.92 Å². The first-order valence-electron chi connectivity index (χ1n) is 5.78. The van der Waals surface area contributed by atoms with Crippen LogP contribution in [0.3, 0.4) is 0 Å². The molecule has 0 spiro atoms. The van der Waals surface area contributed by atoms with Crippen molar-refractivity contribution in [2.45, 2.75) is 39.8 Å². The van der Waals surface area contributed by atoms with Gasteiger partial charge in [0.25, 0.3) is 0 Å². The molecule has 0 saturated carbocycles. The fourth-order valence-electron chi connectivity index (χ4n) is 1.78. The number of ether oxygens (including phenoxy) is 1. The molecule has 0 aliphatic carbocycles. The van der Waals surface area contributed by atoms with Crippen LogP contribution in [0.25, 0.3) is 0 Å². The van der Waals surface area contributed by atoms with E-state index >= 15 is 0 Å². The minimum Gasteiger partial charge on any atom is -0.435 e. The van der Waals surface area contributed by atoms with Gasteiger partial charge in [0.1, 0.15) is 5.75 Å². The van der Waals surface area contributed by atoms with Gasteiger partial charge in [0.15, 0.2) is 0 Å². The predicted octanol–water partition coefficient (Wildman–Crippen LogP) is 4.13. The van der Waals surface area contributed by atoms with Gasteiger partial charge >= 0.3 is 6.61 Å². The number of rotatable bonds is 6. The van der Waals surface area contributed by atoms with E-state index in [1.165, 1.54) is 12.1 Å². The molecule has 4 heteroatoms. The van der Waals surface area contributed by atoms with Gasteiger partial charge in [-0.1, -0.05) is 13.8 Å². The second-order valence-corrected chi connectivity index (χ2v) is 4.58. The lowest BCUT2D eigenvalue weighted by molar-refractivity contribution is -0.0498. The summed E-state index contributed by atoms with van der Waals surface area (Å²) in [5, 5.41) is 3.31. The van der Waals surface area contributed by atoms with Crippen molar-refractivity contribution in [2.75, 3.05) is 5.32 Å². The molecule has 1 aromatic carbocycles. The van der Waals surface area contributed by atoms with Crippen LogP contribution in [0.5, 0.6) is 5.75 Å². The van der Waals surface area contributed by atoms with Crippen molar-refractivity contribution in [1.29, 1.82) is 0 Å². The summed E-state index contributed by atoms with van der Waals surface area (Å²) in [5.41, 5.74) is 0.916. The molecule has 0 aliphatic rings. The van der Waals surface area contributed by atoms with Gasteiger partial charge in [0.05, 0.1) is 0 Å². The second kappa shape index (κ2) is 6.42. The Morgan fingerprint density at radius 3 is 2.18 bits per heavy atom. The Morgan fingerprint density at radius 2 is 1.71 bits per heavy atom. The minimum atomic E-state index is -2.77. The molecule has 17 heavy (non-hydrogen) atoms. The van der Waals surface area contributed by atoms with Crippen LogP contribution in [-0.4, -0.2) is 12.7 Å². The third-order valence-electron chi connectivity index (χ3n) is 2.32. The van der Waals surface area contributed by atoms with E-state index in [2.05, 4.69) is 30.8 Å². The summed E-state index contributed by atoms with van der Waals surface area (Å²) in [7, 11) is 0. The Kier molecular flexibility index (Phi) is 5.19. The van der Waals surface area contributed by atoms with E-state index < -0.39 is 6.61 Å². The summed E-state index contributed by atoms with van der Waals surface area (Å²) in [4.78, 5) is 0. The Balaban J connectivity index is 2.50. The zero-order valence-corrected chi connectivity index (χ0v) is 10.4. The number of nitrogens with one attached hydrogen (secondary N) is 1. The average Bonchev–Trinajstić information content (AvgIpc) is 2.18. The van der Waals surface area contributed by atoms with E-state index in [-0.39, 0.29) is 5.75 Å². The summed E-state index contributed by atoms with van der Waals surface area (Å²) in [6.07, 6.45) is 1.06. The monoisotopic (exact) mass is 243 g/mol. The SMILES string of the molecule is CC(C)CC(C)Nc1ccc(OC(F)F)cc1. The van der Waals surface area contributed by atoms with E-state index in [1.807, 2.05) is 0 Å². The van der Waals surface area contributed by atoms with Crippen LogP contribution >= 0.6 is 0 Å². The topological polar surface area (TPSA) is 21.3 Å². The van der Waals surface area contributed by atoms with Gasteiger partial charge in [-0.2, -0.15) is 8.78 Å². The first kappa shape index (κ1) is 13.7. The highest BCUT2D eigenvalue weighted by molar-refractivity contribution is 5.46.